The maximum atomic E-state index is 9.54. The van der Waals surface area contributed by atoms with E-state index in [0.29, 0.717) is 16.3 Å². The summed E-state index contributed by atoms with van der Waals surface area (Å²) in [5.74, 6) is 0.770. The molecule has 3 rings (SSSR count). The molecule has 26 heavy (non-hydrogen) atoms. The van der Waals surface area contributed by atoms with Crippen LogP contribution >= 0.6 is 11.6 Å². The highest BCUT2D eigenvalue weighted by molar-refractivity contribution is 6.35. The van der Waals surface area contributed by atoms with Gasteiger partial charge in [0, 0.05) is 28.6 Å². The van der Waals surface area contributed by atoms with Crippen LogP contribution in [0.15, 0.2) is 71.9 Å². The predicted molar refractivity (Wildman–Crippen MR) is 106 cm³/mol. The third kappa shape index (κ3) is 3.81. The van der Waals surface area contributed by atoms with Crippen molar-refractivity contribution >= 4 is 28.7 Å². The van der Waals surface area contributed by atoms with Gasteiger partial charge >= 0.3 is 0 Å². The van der Waals surface area contributed by atoms with Crippen molar-refractivity contribution in [1.82, 2.24) is 0 Å². The first-order chi connectivity index (χ1) is 12.6. The number of benzene rings is 3. The van der Waals surface area contributed by atoms with E-state index in [2.05, 4.69) is 10.5 Å². The quantitative estimate of drug-likeness (QED) is 0.349. The highest BCUT2D eigenvalue weighted by Gasteiger charge is 2.14. The van der Waals surface area contributed by atoms with Crippen molar-refractivity contribution < 1.29 is 9.94 Å². The van der Waals surface area contributed by atoms with Crippen molar-refractivity contribution in [1.29, 1.82) is 0 Å². The smallest absolute Gasteiger partial charge is 0.120 e. The Morgan fingerprint density at radius 1 is 0.962 bits per heavy atom. The molecule has 0 heterocycles. The summed E-state index contributed by atoms with van der Waals surface area (Å²) in [4.78, 5) is 0. The Morgan fingerprint density at radius 3 is 2.42 bits per heavy atom. The first kappa shape index (κ1) is 17.8. The fourth-order valence-electron chi connectivity index (χ4n) is 2.74. The Hall–Kier alpha value is -2.98. The molecular formula is C21H19ClN2O2. The zero-order chi connectivity index (χ0) is 18.5. The number of halogens is 1. The highest BCUT2D eigenvalue weighted by Crippen LogP contribution is 2.28. The first-order valence-electron chi connectivity index (χ1n) is 8.11. The molecule has 0 saturated carbocycles. The highest BCUT2D eigenvalue weighted by atomic mass is 35.5. The molecule has 0 unspecified atom stereocenters. The van der Waals surface area contributed by atoms with Crippen LogP contribution in [-0.4, -0.2) is 18.0 Å². The lowest BCUT2D eigenvalue weighted by atomic mass is 9.98. The van der Waals surface area contributed by atoms with Crippen LogP contribution < -0.4 is 10.1 Å². The zero-order valence-corrected chi connectivity index (χ0v) is 15.3. The maximum absolute atomic E-state index is 9.54. The van der Waals surface area contributed by atoms with Gasteiger partial charge in [-0.1, -0.05) is 47.1 Å². The lowest BCUT2D eigenvalue weighted by molar-refractivity contribution is 0.319. The zero-order valence-electron chi connectivity index (χ0n) is 14.5. The average Bonchev–Trinajstić information content (AvgIpc) is 2.65. The largest absolute Gasteiger partial charge is 0.497 e. The third-order valence-electron chi connectivity index (χ3n) is 4.08. The number of hydrogen-bond acceptors (Lipinski definition) is 4. The number of nitrogens with zero attached hydrogens (tertiary/aromatic N) is 1. The van der Waals surface area contributed by atoms with Gasteiger partial charge in [0.05, 0.1) is 12.1 Å². The summed E-state index contributed by atoms with van der Waals surface area (Å²) in [6.07, 6.45) is 0. The number of ether oxygens (including phenoxy) is 1. The van der Waals surface area contributed by atoms with E-state index in [9.17, 15) is 5.21 Å². The fraction of sp³-hybridized carbons (Fsp3) is 0.0952. The topological polar surface area (TPSA) is 53.8 Å². The van der Waals surface area contributed by atoms with Gasteiger partial charge < -0.3 is 15.3 Å². The van der Waals surface area contributed by atoms with Gasteiger partial charge in [0.25, 0.3) is 0 Å². The summed E-state index contributed by atoms with van der Waals surface area (Å²) in [5, 5.41) is 16.8. The van der Waals surface area contributed by atoms with Crippen LogP contribution in [0.1, 0.15) is 16.7 Å². The van der Waals surface area contributed by atoms with Crippen molar-refractivity contribution in [2.45, 2.75) is 6.92 Å². The van der Waals surface area contributed by atoms with E-state index >= 15 is 0 Å². The van der Waals surface area contributed by atoms with Crippen molar-refractivity contribution in [2.75, 3.05) is 12.4 Å². The number of rotatable bonds is 5. The molecule has 0 spiro atoms. The van der Waals surface area contributed by atoms with Crippen LogP contribution in [-0.2, 0) is 0 Å². The first-order valence-corrected chi connectivity index (χ1v) is 8.49. The van der Waals surface area contributed by atoms with E-state index in [4.69, 9.17) is 16.3 Å². The molecule has 2 N–H and O–H groups in total. The molecule has 0 atom stereocenters. The molecule has 5 heteroatoms. The van der Waals surface area contributed by atoms with Crippen LogP contribution in [0.25, 0.3) is 0 Å². The van der Waals surface area contributed by atoms with Crippen LogP contribution in [0.2, 0.25) is 5.02 Å². The molecule has 0 radical (unpaired) electrons. The number of hydrogen-bond donors (Lipinski definition) is 2. The van der Waals surface area contributed by atoms with Crippen molar-refractivity contribution in [3.8, 4) is 5.75 Å². The number of methoxy groups -OCH3 is 1. The average molecular weight is 367 g/mol. The molecule has 3 aromatic carbocycles. The minimum absolute atomic E-state index is 0.445. The molecule has 0 fully saturated rings. The summed E-state index contributed by atoms with van der Waals surface area (Å²) in [5.41, 5.74) is 4.68. The number of anilines is 2. The van der Waals surface area contributed by atoms with Gasteiger partial charge in [0.2, 0.25) is 0 Å². The number of nitrogens with one attached hydrogen (secondary N) is 1. The second-order valence-electron chi connectivity index (χ2n) is 5.82. The number of aryl methyl sites for hydroxylation is 1. The minimum atomic E-state index is 0.445. The van der Waals surface area contributed by atoms with Crippen LogP contribution in [0.4, 0.5) is 11.4 Å². The summed E-state index contributed by atoms with van der Waals surface area (Å²) < 4.78 is 5.23. The Labute approximate surface area is 157 Å². The van der Waals surface area contributed by atoms with Crippen LogP contribution in [0.5, 0.6) is 5.75 Å². The van der Waals surface area contributed by atoms with Gasteiger partial charge in [-0.25, -0.2) is 0 Å². The molecule has 4 nitrogen and oxygen atoms in total. The van der Waals surface area contributed by atoms with Crippen LogP contribution in [0.3, 0.4) is 0 Å². The Bertz CT molecular complexity index is 954. The maximum Gasteiger partial charge on any atom is 0.120 e. The lowest BCUT2D eigenvalue weighted by Gasteiger charge is -2.12. The molecule has 0 aliphatic rings. The predicted octanol–water partition coefficient (Wildman–Crippen LogP) is 5.63. The van der Waals surface area contributed by atoms with E-state index in [1.54, 1.807) is 13.2 Å². The van der Waals surface area contributed by atoms with Gasteiger partial charge in [0.1, 0.15) is 11.5 Å². The minimum Gasteiger partial charge on any atom is -0.497 e. The van der Waals surface area contributed by atoms with Gasteiger partial charge in [-0.05, 0) is 42.8 Å². The molecule has 132 valence electrons. The molecular weight excluding hydrogens is 348 g/mol. The molecule has 0 saturated heterocycles. The molecule has 0 aromatic heterocycles. The Kier molecular flexibility index (Phi) is 5.44. The van der Waals surface area contributed by atoms with Gasteiger partial charge in [-0.15, -0.1) is 0 Å². The van der Waals surface area contributed by atoms with Gasteiger partial charge in [-0.2, -0.15) is 0 Å². The summed E-state index contributed by atoms with van der Waals surface area (Å²) in [6, 6.07) is 20.9. The van der Waals surface area contributed by atoms with Gasteiger partial charge in [0.15, 0.2) is 0 Å². The van der Waals surface area contributed by atoms with Crippen molar-refractivity contribution in [3.63, 3.8) is 0 Å². The van der Waals surface area contributed by atoms with Crippen LogP contribution in [0, 0.1) is 6.92 Å². The molecule has 0 bridgehead atoms. The summed E-state index contributed by atoms with van der Waals surface area (Å²) >= 11 is 6.47. The number of oxime groups is 1. The second-order valence-corrected chi connectivity index (χ2v) is 6.22. The summed E-state index contributed by atoms with van der Waals surface area (Å²) in [7, 11) is 1.63. The van der Waals surface area contributed by atoms with E-state index in [-0.39, 0.29) is 0 Å². The normalized spacial score (nSPS) is 11.3. The molecule has 0 amide bonds. The van der Waals surface area contributed by atoms with E-state index in [1.165, 1.54) is 0 Å². The fourth-order valence-corrected chi connectivity index (χ4v) is 3.01. The second kappa shape index (κ2) is 7.93. The van der Waals surface area contributed by atoms with E-state index < -0.39 is 0 Å². The van der Waals surface area contributed by atoms with E-state index in [0.717, 1.165) is 28.3 Å². The standard InChI is InChI=1S/C21H19ClN2O2/c1-14-6-3-4-9-18(14)21(24-25)19-11-10-16(13-20(19)22)23-15-7-5-8-17(12-15)26-2/h3-13,23,25H,1-2H3. The SMILES string of the molecule is COc1cccc(Nc2ccc(C(=NO)c3ccccc3C)c(Cl)c2)c1. The van der Waals surface area contributed by atoms with Crippen molar-refractivity contribution in [3.05, 3.63) is 88.4 Å². The third-order valence-corrected chi connectivity index (χ3v) is 4.40. The molecule has 0 aliphatic carbocycles. The van der Waals surface area contributed by atoms with Crippen molar-refractivity contribution in [2.24, 2.45) is 5.16 Å². The molecule has 0 aliphatic heterocycles. The van der Waals surface area contributed by atoms with Gasteiger partial charge in [-0.3, -0.25) is 0 Å². The Balaban J connectivity index is 1.91. The monoisotopic (exact) mass is 366 g/mol. The van der Waals surface area contributed by atoms with E-state index in [1.807, 2.05) is 67.6 Å². The molecule has 3 aromatic rings. The summed E-state index contributed by atoms with van der Waals surface area (Å²) in [6.45, 7) is 1.97. The Morgan fingerprint density at radius 2 is 1.73 bits per heavy atom. The lowest BCUT2D eigenvalue weighted by Crippen LogP contribution is -2.06.